The van der Waals surface area contributed by atoms with Crippen LogP contribution in [-0.4, -0.2) is 28.3 Å². The van der Waals surface area contributed by atoms with Crippen LogP contribution in [0.5, 0.6) is 0 Å². The Morgan fingerprint density at radius 1 is 1.26 bits per heavy atom. The summed E-state index contributed by atoms with van der Waals surface area (Å²) in [4.78, 5) is 4.91. The van der Waals surface area contributed by atoms with Gasteiger partial charge in [0.15, 0.2) is 0 Å². The first-order valence-corrected chi connectivity index (χ1v) is 8.61. The zero-order valence-corrected chi connectivity index (χ0v) is 15.7. The molecule has 1 saturated heterocycles. The Bertz CT molecular complexity index is 571. The summed E-state index contributed by atoms with van der Waals surface area (Å²) in [5.74, 6) is 1.28. The van der Waals surface area contributed by atoms with E-state index in [4.69, 9.17) is 10.4 Å². The zero-order chi connectivity index (χ0) is 17.4. The molecule has 1 aromatic heterocycles. The molecule has 1 aromatic rings. The van der Waals surface area contributed by atoms with E-state index in [9.17, 15) is 0 Å². The maximum absolute atomic E-state index is 7.70. The molecule has 2 rings (SSSR count). The number of anilines is 1. The van der Waals surface area contributed by atoms with E-state index in [1.807, 2.05) is 0 Å². The highest BCUT2D eigenvalue weighted by Crippen LogP contribution is 2.39. The SMILES string of the molecule is Cc1cc(C2CC(C)(C)NC(C)(C)C2)nc(NC(C)C)c1C=N. The summed E-state index contributed by atoms with van der Waals surface area (Å²) >= 11 is 0. The van der Waals surface area contributed by atoms with Crippen LogP contribution in [0.4, 0.5) is 5.82 Å². The van der Waals surface area contributed by atoms with Crippen LogP contribution < -0.4 is 10.6 Å². The molecule has 0 radical (unpaired) electrons. The molecule has 0 unspecified atom stereocenters. The first-order chi connectivity index (χ1) is 10.5. The molecule has 0 aromatic carbocycles. The van der Waals surface area contributed by atoms with Crippen LogP contribution in [0.15, 0.2) is 6.07 Å². The molecule has 1 fully saturated rings. The minimum atomic E-state index is 0.105. The standard InChI is InChI=1S/C19H32N4/c1-12(2)21-17-15(11-20)13(3)8-16(22-17)14-9-18(4,5)23-19(6,7)10-14/h8,11-12,14,20,23H,9-10H2,1-7H3,(H,21,22). The van der Waals surface area contributed by atoms with E-state index in [-0.39, 0.29) is 11.1 Å². The molecule has 1 aliphatic rings. The Hall–Kier alpha value is -1.42. The molecule has 0 aliphatic carbocycles. The maximum atomic E-state index is 7.70. The smallest absolute Gasteiger partial charge is 0.135 e. The number of hydrogen-bond donors (Lipinski definition) is 3. The summed E-state index contributed by atoms with van der Waals surface area (Å²) in [6.45, 7) is 15.4. The van der Waals surface area contributed by atoms with Crippen molar-refractivity contribution in [1.82, 2.24) is 10.3 Å². The van der Waals surface area contributed by atoms with Gasteiger partial charge < -0.3 is 16.0 Å². The van der Waals surface area contributed by atoms with E-state index in [1.165, 1.54) is 6.21 Å². The van der Waals surface area contributed by atoms with Gasteiger partial charge in [0.05, 0.1) is 0 Å². The van der Waals surface area contributed by atoms with E-state index in [1.54, 1.807) is 0 Å². The van der Waals surface area contributed by atoms with Crippen molar-refractivity contribution in [2.75, 3.05) is 5.32 Å². The van der Waals surface area contributed by atoms with Gasteiger partial charge in [-0.25, -0.2) is 4.98 Å². The second-order valence-electron chi connectivity index (χ2n) is 8.57. The second kappa shape index (κ2) is 6.23. The van der Waals surface area contributed by atoms with Crippen LogP contribution in [0.25, 0.3) is 0 Å². The van der Waals surface area contributed by atoms with Gasteiger partial charge in [0.2, 0.25) is 0 Å². The Morgan fingerprint density at radius 3 is 2.30 bits per heavy atom. The fourth-order valence-electron chi connectivity index (χ4n) is 4.01. The third kappa shape index (κ3) is 4.31. The quantitative estimate of drug-likeness (QED) is 0.728. The van der Waals surface area contributed by atoms with Gasteiger partial charge in [-0.1, -0.05) is 0 Å². The molecule has 0 atom stereocenters. The number of rotatable bonds is 4. The van der Waals surface area contributed by atoms with E-state index in [0.717, 1.165) is 35.5 Å². The van der Waals surface area contributed by atoms with Crippen molar-refractivity contribution in [2.45, 2.75) is 84.3 Å². The number of aromatic nitrogens is 1. The fraction of sp³-hybridized carbons (Fsp3) is 0.684. The molecule has 2 heterocycles. The van der Waals surface area contributed by atoms with Gasteiger partial charge in [-0.05, 0) is 72.9 Å². The molecule has 4 heteroatoms. The van der Waals surface area contributed by atoms with Crippen LogP contribution in [0, 0.1) is 12.3 Å². The van der Waals surface area contributed by atoms with Crippen molar-refractivity contribution < 1.29 is 0 Å². The summed E-state index contributed by atoms with van der Waals surface area (Å²) in [5.41, 5.74) is 3.39. The molecule has 4 nitrogen and oxygen atoms in total. The molecule has 1 aliphatic heterocycles. The van der Waals surface area contributed by atoms with Gasteiger partial charge in [-0.2, -0.15) is 0 Å². The number of nitrogens with zero attached hydrogens (tertiary/aromatic N) is 1. The highest BCUT2D eigenvalue weighted by Gasteiger charge is 2.38. The molecule has 23 heavy (non-hydrogen) atoms. The summed E-state index contributed by atoms with van der Waals surface area (Å²) in [6, 6.07) is 2.48. The van der Waals surface area contributed by atoms with Crippen LogP contribution >= 0.6 is 0 Å². The van der Waals surface area contributed by atoms with Crippen LogP contribution in [0.1, 0.15) is 77.1 Å². The first kappa shape index (κ1) is 17.9. The van der Waals surface area contributed by atoms with Gasteiger partial charge in [0.1, 0.15) is 5.82 Å². The lowest BCUT2D eigenvalue weighted by molar-refractivity contribution is 0.160. The Labute approximate surface area is 141 Å². The lowest BCUT2D eigenvalue weighted by atomic mass is 9.74. The summed E-state index contributed by atoms with van der Waals surface area (Å²) < 4.78 is 0. The fourth-order valence-corrected chi connectivity index (χ4v) is 4.01. The molecule has 0 amide bonds. The molecule has 128 valence electrons. The highest BCUT2D eigenvalue weighted by molar-refractivity contribution is 5.86. The average molecular weight is 316 g/mol. The van der Waals surface area contributed by atoms with Crippen molar-refractivity contribution in [1.29, 1.82) is 5.41 Å². The van der Waals surface area contributed by atoms with Gasteiger partial charge >= 0.3 is 0 Å². The van der Waals surface area contributed by atoms with Crippen molar-refractivity contribution in [3.8, 4) is 0 Å². The van der Waals surface area contributed by atoms with E-state index in [2.05, 4.69) is 65.2 Å². The third-order valence-corrected chi connectivity index (χ3v) is 4.46. The van der Waals surface area contributed by atoms with Gasteiger partial charge in [0, 0.05) is 40.5 Å². The minimum Gasteiger partial charge on any atom is -0.367 e. The lowest BCUT2D eigenvalue weighted by Crippen LogP contribution is -2.57. The topological polar surface area (TPSA) is 60.8 Å². The van der Waals surface area contributed by atoms with Crippen LogP contribution in [0.3, 0.4) is 0 Å². The maximum Gasteiger partial charge on any atom is 0.135 e. The number of pyridine rings is 1. The predicted molar refractivity (Wildman–Crippen MR) is 98.9 cm³/mol. The summed E-state index contributed by atoms with van der Waals surface area (Å²) in [5, 5.41) is 14.8. The molecule has 0 saturated carbocycles. The number of hydrogen-bond acceptors (Lipinski definition) is 4. The number of piperidine rings is 1. The van der Waals surface area contributed by atoms with Gasteiger partial charge in [0.25, 0.3) is 0 Å². The zero-order valence-electron chi connectivity index (χ0n) is 15.7. The van der Waals surface area contributed by atoms with Crippen molar-refractivity contribution >= 4 is 12.0 Å². The Kier molecular flexibility index (Phi) is 4.86. The molecular weight excluding hydrogens is 284 g/mol. The molecule has 0 spiro atoms. The van der Waals surface area contributed by atoms with Crippen LogP contribution in [-0.2, 0) is 0 Å². The summed E-state index contributed by atoms with van der Waals surface area (Å²) in [7, 11) is 0. The average Bonchev–Trinajstić information content (AvgIpc) is 2.33. The minimum absolute atomic E-state index is 0.105. The first-order valence-electron chi connectivity index (χ1n) is 8.61. The number of aryl methyl sites for hydroxylation is 1. The van der Waals surface area contributed by atoms with Crippen molar-refractivity contribution in [3.05, 3.63) is 22.9 Å². The van der Waals surface area contributed by atoms with Gasteiger partial charge in [-0.15, -0.1) is 0 Å². The van der Waals surface area contributed by atoms with E-state index >= 15 is 0 Å². The van der Waals surface area contributed by atoms with E-state index in [0.29, 0.717) is 12.0 Å². The largest absolute Gasteiger partial charge is 0.367 e. The highest BCUT2D eigenvalue weighted by atomic mass is 15.1. The van der Waals surface area contributed by atoms with Crippen molar-refractivity contribution in [2.24, 2.45) is 0 Å². The molecular formula is C19H32N4. The van der Waals surface area contributed by atoms with Crippen molar-refractivity contribution in [3.63, 3.8) is 0 Å². The van der Waals surface area contributed by atoms with Gasteiger partial charge in [-0.3, -0.25) is 0 Å². The summed E-state index contributed by atoms with van der Waals surface area (Å²) in [6.07, 6.45) is 3.56. The lowest BCUT2D eigenvalue weighted by Gasteiger charge is -2.46. The third-order valence-electron chi connectivity index (χ3n) is 4.46. The normalized spacial score (nSPS) is 20.5. The second-order valence-corrected chi connectivity index (χ2v) is 8.57. The molecule has 3 N–H and O–H groups in total. The molecule has 0 bridgehead atoms. The number of nitrogens with one attached hydrogen (secondary N) is 3. The van der Waals surface area contributed by atoms with E-state index < -0.39 is 0 Å². The Morgan fingerprint density at radius 2 is 1.83 bits per heavy atom. The monoisotopic (exact) mass is 316 g/mol. The Balaban J connectivity index is 2.43. The van der Waals surface area contributed by atoms with Crippen LogP contribution in [0.2, 0.25) is 0 Å². The predicted octanol–water partition coefficient (Wildman–Crippen LogP) is 4.23.